The molecule has 4 rings (SSSR count). The summed E-state index contributed by atoms with van der Waals surface area (Å²) in [5.74, 6) is -3.42. The zero-order valence-electron chi connectivity index (χ0n) is 20.4. The second-order valence-electron chi connectivity index (χ2n) is 9.57. The van der Waals surface area contributed by atoms with Gasteiger partial charge in [-0.2, -0.15) is 0 Å². The Kier molecular flexibility index (Phi) is 6.42. The molecule has 0 saturated carbocycles. The van der Waals surface area contributed by atoms with Gasteiger partial charge in [-0.15, -0.1) is 0 Å². The van der Waals surface area contributed by atoms with Gasteiger partial charge >= 0.3 is 18.0 Å². The Hall–Kier alpha value is -3.73. The van der Waals surface area contributed by atoms with Crippen molar-refractivity contribution in [2.75, 3.05) is 19.3 Å². The van der Waals surface area contributed by atoms with Gasteiger partial charge in [0.1, 0.15) is 22.9 Å². The number of amides is 6. The van der Waals surface area contributed by atoms with Crippen LogP contribution in [0, 0.1) is 0 Å². The first-order valence-electron chi connectivity index (χ1n) is 11.2. The first-order valence-corrected chi connectivity index (χ1v) is 14.6. The molecule has 15 nitrogen and oxygen atoms in total. The standard InChI is InChI=1S/C21H25N5O10S2/c1-21(2)14(18(29)30)26-16(28)13(17(26)38(21,35)36)22-15(27)12(11-7-5-4-6-8-11)23-19(31)24-9-10-25(20(24)32)37(3,33)34/h4-8,12-14,17H,9-10H2,1-3H3,(H,22,27)(H,23,31)(H,29,30)/t12-,13-,14+,17-/m1/s1. The summed E-state index contributed by atoms with van der Waals surface area (Å²) in [7, 11) is -8.17. The van der Waals surface area contributed by atoms with Crippen molar-refractivity contribution in [1.82, 2.24) is 24.7 Å². The average Bonchev–Trinajstić information content (AvgIpc) is 3.28. The fourth-order valence-corrected chi connectivity index (χ4v) is 7.85. The Morgan fingerprint density at radius 2 is 1.71 bits per heavy atom. The number of aliphatic carboxylic acids is 1. The van der Waals surface area contributed by atoms with Crippen molar-refractivity contribution >= 4 is 49.7 Å². The van der Waals surface area contributed by atoms with Gasteiger partial charge in [0.05, 0.1) is 19.3 Å². The number of urea groups is 2. The van der Waals surface area contributed by atoms with Gasteiger partial charge in [-0.25, -0.2) is 40.4 Å². The molecule has 3 fully saturated rings. The number of carbonyl (C=O) groups excluding carboxylic acids is 4. The molecule has 3 aliphatic rings. The van der Waals surface area contributed by atoms with E-state index in [9.17, 15) is 45.9 Å². The van der Waals surface area contributed by atoms with Crippen LogP contribution in [0.1, 0.15) is 25.5 Å². The molecular formula is C21H25N5O10S2. The molecule has 0 aromatic heterocycles. The lowest BCUT2D eigenvalue weighted by atomic mass is 9.95. The van der Waals surface area contributed by atoms with Gasteiger partial charge in [0.15, 0.2) is 15.2 Å². The van der Waals surface area contributed by atoms with E-state index in [-0.39, 0.29) is 18.7 Å². The smallest absolute Gasteiger partial charge is 0.341 e. The Labute approximate surface area is 217 Å². The maximum Gasteiger partial charge on any atom is 0.341 e. The van der Waals surface area contributed by atoms with Gasteiger partial charge in [0, 0.05) is 0 Å². The van der Waals surface area contributed by atoms with Gasteiger partial charge in [0.25, 0.3) is 0 Å². The van der Waals surface area contributed by atoms with Gasteiger partial charge < -0.3 is 20.6 Å². The van der Waals surface area contributed by atoms with Gasteiger partial charge in [-0.05, 0) is 19.4 Å². The highest BCUT2D eigenvalue weighted by molar-refractivity contribution is 7.94. The summed E-state index contributed by atoms with van der Waals surface area (Å²) in [5.41, 5.74) is 0.214. The summed E-state index contributed by atoms with van der Waals surface area (Å²) in [6.07, 6.45) is 0.804. The maximum atomic E-state index is 13.3. The number of carboxylic acids is 1. The summed E-state index contributed by atoms with van der Waals surface area (Å²) in [6.45, 7) is 1.82. The van der Waals surface area contributed by atoms with Crippen LogP contribution in [0.25, 0.3) is 0 Å². The van der Waals surface area contributed by atoms with Crippen LogP contribution < -0.4 is 10.6 Å². The Bertz CT molecular complexity index is 1440. The van der Waals surface area contributed by atoms with Crippen LogP contribution in [0.5, 0.6) is 0 Å². The summed E-state index contributed by atoms with van der Waals surface area (Å²) in [4.78, 5) is 64.5. The van der Waals surface area contributed by atoms with Crippen molar-refractivity contribution in [3.05, 3.63) is 35.9 Å². The van der Waals surface area contributed by atoms with E-state index in [1.165, 1.54) is 26.0 Å². The van der Waals surface area contributed by atoms with Crippen LogP contribution in [0.2, 0.25) is 0 Å². The number of hydrogen-bond acceptors (Lipinski definition) is 9. The minimum atomic E-state index is -4.23. The first kappa shape index (κ1) is 27.3. The maximum absolute atomic E-state index is 13.3. The molecular weight excluding hydrogens is 546 g/mol. The molecule has 0 aliphatic carbocycles. The predicted molar refractivity (Wildman–Crippen MR) is 128 cm³/mol. The third-order valence-corrected chi connectivity index (χ3v) is 10.8. The quantitative estimate of drug-likeness (QED) is 0.335. The topological polar surface area (TPSA) is 208 Å². The fraction of sp³-hybridized carbons (Fsp3) is 0.476. The number of sulfone groups is 1. The van der Waals surface area contributed by atoms with E-state index < -0.39 is 78.0 Å². The van der Waals surface area contributed by atoms with Crippen LogP contribution in [-0.2, 0) is 34.2 Å². The van der Waals surface area contributed by atoms with E-state index in [1.54, 1.807) is 18.2 Å². The Morgan fingerprint density at radius 1 is 1.11 bits per heavy atom. The number of rotatable bonds is 6. The molecule has 1 aromatic carbocycles. The summed E-state index contributed by atoms with van der Waals surface area (Å²) >= 11 is 0. The van der Waals surface area contributed by atoms with E-state index in [1.807, 2.05) is 0 Å². The van der Waals surface area contributed by atoms with E-state index in [4.69, 9.17) is 0 Å². The second-order valence-corrected chi connectivity index (χ2v) is 14.1. The summed E-state index contributed by atoms with van der Waals surface area (Å²) < 4.78 is 48.4. The van der Waals surface area contributed by atoms with E-state index >= 15 is 0 Å². The number of nitrogens with one attached hydrogen (secondary N) is 2. The van der Waals surface area contributed by atoms with Crippen LogP contribution in [0.15, 0.2) is 30.3 Å². The third kappa shape index (κ3) is 4.05. The number of carbonyl (C=O) groups is 5. The molecule has 6 amide bonds. The molecule has 17 heteroatoms. The largest absolute Gasteiger partial charge is 0.480 e. The van der Waals surface area contributed by atoms with Crippen molar-refractivity contribution < 1.29 is 45.9 Å². The monoisotopic (exact) mass is 571 g/mol. The van der Waals surface area contributed by atoms with Crippen molar-refractivity contribution in [2.24, 2.45) is 0 Å². The number of β-lactam (4-membered cyclic amide) rings is 1. The molecule has 0 unspecified atom stereocenters. The number of carboxylic acid groups (broad SMARTS) is 1. The predicted octanol–water partition coefficient (Wildman–Crippen LogP) is -1.55. The molecule has 0 radical (unpaired) electrons. The van der Waals surface area contributed by atoms with E-state index in [0.29, 0.717) is 14.1 Å². The van der Waals surface area contributed by atoms with Crippen molar-refractivity contribution in [3.8, 4) is 0 Å². The van der Waals surface area contributed by atoms with E-state index in [2.05, 4.69) is 10.6 Å². The van der Waals surface area contributed by atoms with Gasteiger partial charge in [-0.1, -0.05) is 30.3 Å². The minimum absolute atomic E-state index is 0.214. The highest BCUT2D eigenvalue weighted by atomic mass is 32.2. The van der Waals surface area contributed by atoms with E-state index in [0.717, 1.165) is 6.26 Å². The molecule has 38 heavy (non-hydrogen) atoms. The van der Waals surface area contributed by atoms with Crippen LogP contribution in [-0.4, -0.2) is 107 Å². The lowest BCUT2D eigenvalue weighted by molar-refractivity contribution is -0.161. The number of sulfonamides is 1. The highest BCUT2D eigenvalue weighted by Gasteiger charge is 2.72. The average molecular weight is 572 g/mol. The second kappa shape index (κ2) is 8.93. The van der Waals surface area contributed by atoms with Crippen molar-refractivity contribution in [1.29, 1.82) is 0 Å². The van der Waals surface area contributed by atoms with Crippen molar-refractivity contribution in [3.63, 3.8) is 0 Å². The normalized spacial score (nSPS) is 26.4. The SMILES string of the molecule is CC1(C)[C@H](C(=O)O)N2C(=O)[C@@H](NC(=O)[C@H](NC(=O)N3CCN(S(C)(=O)=O)C3=O)c3ccccc3)[C@H]2S1(=O)=O. The highest BCUT2D eigenvalue weighted by Crippen LogP contribution is 2.46. The number of hydrogen-bond donors (Lipinski definition) is 3. The Balaban J connectivity index is 1.58. The number of nitrogens with zero attached hydrogens (tertiary/aromatic N) is 3. The zero-order valence-corrected chi connectivity index (χ0v) is 22.0. The van der Waals surface area contributed by atoms with Crippen LogP contribution >= 0.6 is 0 Å². The lowest BCUT2D eigenvalue weighted by Gasteiger charge is -2.43. The minimum Gasteiger partial charge on any atom is -0.480 e. The fourth-order valence-electron chi connectivity index (χ4n) is 4.84. The molecule has 3 saturated heterocycles. The van der Waals surface area contributed by atoms with Gasteiger partial charge in [-0.3, -0.25) is 9.59 Å². The number of benzene rings is 1. The molecule has 206 valence electrons. The molecule has 4 atom stereocenters. The lowest BCUT2D eigenvalue weighted by Crippen LogP contribution is -2.72. The molecule has 3 N–H and O–H groups in total. The molecule has 3 heterocycles. The zero-order chi connectivity index (χ0) is 28.4. The van der Waals surface area contributed by atoms with Crippen LogP contribution in [0.3, 0.4) is 0 Å². The van der Waals surface area contributed by atoms with Crippen molar-refractivity contribution in [2.45, 2.75) is 42.1 Å². The third-order valence-electron chi connectivity index (χ3n) is 6.88. The molecule has 1 aromatic rings. The summed E-state index contributed by atoms with van der Waals surface area (Å²) in [6, 6.07) is 0.674. The Morgan fingerprint density at radius 3 is 2.24 bits per heavy atom. The molecule has 0 bridgehead atoms. The molecule has 3 aliphatic heterocycles. The van der Waals surface area contributed by atoms with Gasteiger partial charge in [0.2, 0.25) is 21.8 Å². The van der Waals surface area contributed by atoms with Crippen LogP contribution in [0.4, 0.5) is 9.59 Å². The first-order chi connectivity index (χ1) is 17.5. The number of imide groups is 1. The molecule has 0 spiro atoms. The summed E-state index contributed by atoms with van der Waals surface area (Å²) in [5, 5.41) is 12.6. The number of fused-ring (bicyclic) bond motifs is 1.